The highest BCUT2D eigenvalue weighted by atomic mass is 35.5. The van der Waals surface area contributed by atoms with Gasteiger partial charge in [0.25, 0.3) is 0 Å². The van der Waals surface area contributed by atoms with E-state index in [1.165, 1.54) is 4.88 Å². The fourth-order valence-corrected chi connectivity index (χ4v) is 3.38. The van der Waals surface area contributed by atoms with Crippen LogP contribution in [0.4, 0.5) is 0 Å². The van der Waals surface area contributed by atoms with Crippen molar-refractivity contribution in [1.29, 1.82) is 0 Å². The zero-order valence-electron chi connectivity index (χ0n) is 13.4. The lowest BCUT2D eigenvalue weighted by Crippen LogP contribution is -2.32. The Morgan fingerprint density at radius 1 is 1.08 bits per heavy atom. The van der Waals surface area contributed by atoms with E-state index in [4.69, 9.17) is 38.2 Å². The van der Waals surface area contributed by atoms with E-state index in [9.17, 15) is 0 Å². The summed E-state index contributed by atoms with van der Waals surface area (Å²) in [7, 11) is 0. The predicted molar refractivity (Wildman–Crippen MR) is 106 cm³/mol. The van der Waals surface area contributed by atoms with E-state index in [1.807, 2.05) is 36.4 Å². The number of aliphatic hydroxyl groups is 2. The van der Waals surface area contributed by atoms with Gasteiger partial charge in [0.2, 0.25) is 0 Å². The van der Waals surface area contributed by atoms with Gasteiger partial charge in [-0.3, -0.25) is 0 Å². The molecule has 0 spiro atoms. The summed E-state index contributed by atoms with van der Waals surface area (Å²) >= 11 is 17.0. The molecule has 1 aromatic carbocycles. The Morgan fingerprint density at radius 3 is 2.17 bits per heavy atom. The van der Waals surface area contributed by atoms with Crippen LogP contribution in [-0.2, 0) is 11.2 Å². The Morgan fingerprint density at radius 2 is 1.71 bits per heavy atom. The average Bonchev–Trinajstić information content (AvgIpc) is 2.97. The molecule has 3 nitrogen and oxygen atoms in total. The Labute approximate surface area is 162 Å². The molecule has 24 heavy (non-hydrogen) atoms. The number of thiophene rings is 1. The lowest BCUT2D eigenvalue weighted by atomic mass is 10.1. The van der Waals surface area contributed by atoms with Crippen molar-refractivity contribution in [3.63, 3.8) is 0 Å². The SMILES string of the molecule is CS.Clc1ccc(Cc2ccccc2Cl)s1.OC1COCC(O)C1. The molecule has 1 aromatic heterocycles. The minimum absolute atomic E-state index is 0.372. The monoisotopic (exact) mass is 408 g/mol. The molecule has 3 rings (SSSR count). The molecule has 0 bridgehead atoms. The highest BCUT2D eigenvalue weighted by Gasteiger charge is 2.17. The molecule has 2 aromatic rings. The summed E-state index contributed by atoms with van der Waals surface area (Å²) in [5, 5.41) is 18.4. The van der Waals surface area contributed by atoms with Crippen molar-refractivity contribution in [3.8, 4) is 0 Å². The van der Waals surface area contributed by atoms with Gasteiger partial charge in [-0.25, -0.2) is 0 Å². The van der Waals surface area contributed by atoms with Gasteiger partial charge in [0.1, 0.15) is 0 Å². The fraction of sp³-hybridized carbons (Fsp3) is 0.412. The highest BCUT2D eigenvalue weighted by Crippen LogP contribution is 2.26. The highest BCUT2D eigenvalue weighted by molar-refractivity contribution is 7.79. The molecule has 7 heteroatoms. The van der Waals surface area contributed by atoms with Gasteiger partial charge in [0.15, 0.2) is 0 Å². The van der Waals surface area contributed by atoms with Gasteiger partial charge in [0, 0.05) is 22.7 Å². The molecule has 0 saturated carbocycles. The maximum Gasteiger partial charge on any atom is 0.0931 e. The van der Waals surface area contributed by atoms with Gasteiger partial charge < -0.3 is 14.9 Å². The third-order valence-corrected chi connectivity index (χ3v) is 4.72. The zero-order valence-corrected chi connectivity index (χ0v) is 16.6. The van der Waals surface area contributed by atoms with Crippen LogP contribution < -0.4 is 0 Å². The standard InChI is InChI=1S/C11H8Cl2S.C5H10O3.CH4S/c12-10-4-2-1-3-8(10)7-9-5-6-11(13)14-9;6-4-1-5(7)3-8-2-4;1-2/h1-6H,7H2;4-7H,1-3H2;2H,1H3. The Balaban J connectivity index is 0.000000245. The van der Waals surface area contributed by atoms with E-state index in [1.54, 1.807) is 17.6 Å². The van der Waals surface area contributed by atoms with Crippen molar-refractivity contribution < 1.29 is 14.9 Å². The summed E-state index contributed by atoms with van der Waals surface area (Å²) in [5.41, 5.74) is 1.15. The van der Waals surface area contributed by atoms with Crippen LogP contribution in [0.2, 0.25) is 9.36 Å². The van der Waals surface area contributed by atoms with Crippen molar-refractivity contribution in [2.45, 2.75) is 25.0 Å². The van der Waals surface area contributed by atoms with Crippen LogP contribution in [0.3, 0.4) is 0 Å². The number of hydrogen-bond donors (Lipinski definition) is 3. The van der Waals surface area contributed by atoms with Crippen LogP contribution >= 0.6 is 47.2 Å². The molecule has 0 radical (unpaired) electrons. The molecule has 1 aliphatic rings. The first kappa shape index (κ1) is 21.8. The van der Waals surface area contributed by atoms with Crippen molar-refractivity contribution in [1.82, 2.24) is 0 Å². The second kappa shape index (κ2) is 12.1. The van der Waals surface area contributed by atoms with Gasteiger partial charge >= 0.3 is 0 Å². The van der Waals surface area contributed by atoms with Crippen LogP contribution in [0.5, 0.6) is 0 Å². The lowest BCUT2D eigenvalue weighted by Gasteiger charge is -2.21. The largest absolute Gasteiger partial charge is 0.391 e. The molecule has 1 fully saturated rings. The number of rotatable bonds is 2. The Hall–Kier alpha value is -0.270. The van der Waals surface area contributed by atoms with Crippen molar-refractivity contribution >= 4 is 47.2 Å². The minimum atomic E-state index is -0.459. The maximum atomic E-state index is 8.79. The smallest absolute Gasteiger partial charge is 0.0931 e. The van der Waals surface area contributed by atoms with Crippen LogP contribution in [0.25, 0.3) is 0 Å². The molecule has 2 unspecified atom stereocenters. The summed E-state index contributed by atoms with van der Waals surface area (Å²) in [6.45, 7) is 0.744. The zero-order chi connectivity index (χ0) is 17.9. The number of aliphatic hydroxyl groups excluding tert-OH is 2. The summed E-state index contributed by atoms with van der Waals surface area (Å²) in [5.74, 6) is 0. The van der Waals surface area contributed by atoms with Crippen LogP contribution in [0, 0.1) is 0 Å². The van der Waals surface area contributed by atoms with E-state index in [2.05, 4.69) is 12.6 Å². The molecule has 2 atom stereocenters. The van der Waals surface area contributed by atoms with Gasteiger partial charge in [-0.1, -0.05) is 41.4 Å². The normalized spacial score (nSPS) is 19.6. The van der Waals surface area contributed by atoms with Crippen molar-refractivity contribution in [2.75, 3.05) is 19.5 Å². The van der Waals surface area contributed by atoms with Crippen LogP contribution in [0.15, 0.2) is 36.4 Å². The molecule has 0 amide bonds. The number of ether oxygens (including phenoxy) is 1. The van der Waals surface area contributed by atoms with Crippen molar-refractivity contribution in [3.05, 3.63) is 56.2 Å². The topological polar surface area (TPSA) is 49.7 Å². The predicted octanol–water partition coefficient (Wildman–Crippen LogP) is 4.32. The Bertz CT molecular complexity index is 585. The third-order valence-electron chi connectivity index (χ3n) is 3.12. The van der Waals surface area contributed by atoms with Gasteiger partial charge in [0.05, 0.1) is 29.8 Å². The summed E-state index contributed by atoms with van der Waals surface area (Å²) in [6.07, 6.45) is 2.09. The van der Waals surface area contributed by atoms with Gasteiger partial charge in [-0.15, -0.1) is 11.3 Å². The second-order valence-electron chi connectivity index (χ2n) is 5.05. The van der Waals surface area contributed by atoms with E-state index in [-0.39, 0.29) is 0 Å². The van der Waals surface area contributed by atoms with Gasteiger partial charge in [-0.05, 0) is 30.0 Å². The average molecular weight is 409 g/mol. The molecule has 1 saturated heterocycles. The van der Waals surface area contributed by atoms with Crippen LogP contribution in [0.1, 0.15) is 16.9 Å². The number of halogens is 2. The quantitative estimate of drug-likeness (QED) is 0.648. The van der Waals surface area contributed by atoms with Crippen LogP contribution in [-0.4, -0.2) is 41.9 Å². The molecular formula is C17H22Cl2O3S2. The summed E-state index contributed by atoms with van der Waals surface area (Å²) in [4.78, 5) is 1.24. The van der Waals surface area contributed by atoms with E-state index < -0.39 is 12.2 Å². The third kappa shape index (κ3) is 8.21. The molecule has 2 N–H and O–H groups in total. The second-order valence-corrected chi connectivity index (χ2v) is 7.26. The molecule has 134 valence electrons. The maximum absolute atomic E-state index is 8.79. The van der Waals surface area contributed by atoms with E-state index in [0.29, 0.717) is 19.6 Å². The molecule has 0 aliphatic carbocycles. The van der Waals surface area contributed by atoms with E-state index >= 15 is 0 Å². The number of thiol groups is 1. The first-order valence-electron chi connectivity index (χ1n) is 7.41. The summed E-state index contributed by atoms with van der Waals surface area (Å²) < 4.78 is 5.62. The number of hydrogen-bond acceptors (Lipinski definition) is 5. The minimum Gasteiger partial charge on any atom is -0.391 e. The first-order valence-corrected chi connectivity index (χ1v) is 9.87. The molecular weight excluding hydrogens is 387 g/mol. The Kier molecular flexibility index (Phi) is 11.0. The fourth-order valence-electron chi connectivity index (χ4n) is 2.07. The first-order chi connectivity index (χ1) is 11.5. The molecule has 1 aliphatic heterocycles. The summed E-state index contributed by atoms with van der Waals surface area (Å²) in [6, 6.07) is 11.8. The lowest BCUT2D eigenvalue weighted by molar-refractivity contribution is -0.0714. The van der Waals surface area contributed by atoms with Crippen molar-refractivity contribution in [2.24, 2.45) is 0 Å². The molecule has 2 heterocycles. The van der Waals surface area contributed by atoms with E-state index in [0.717, 1.165) is 21.3 Å². The van der Waals surface area contributed by atoms with Gasteiger partial charge in [-0.2, -0.15) is 12.6 Å². The number of benzene rings is 1.